The van der Waals surface area contributed by atoms with Gasteiger partial charge in [0.1, 0.15) is 23.0 Å². The molecule has 8 heteroatoms. The Kier molecular flexibility index (Phi) is 7.21. The maximum Gasteiger partial charge on any atom is 0.261 e. The van der Waals surface area contributed by atoms with Gasteiger partial charge in [-0.05, 0) is 105 Å². The van der Waals surface area contributed by atoms with Crippen LogP contribution in [0.5, 0.6) is 23.0 Å². The average Bonchev–Trinajstić information content (AvgIpc) is 3.45. The normalized spacial score (nSPS) is 21.9. The minimum absolute atomic E-state index is 0.0348. The van der Waals surface area contributed by atoms with Gasteiger partial charge in [0, 0.05) is 6.04 Å². The highest BCUT2D eigenvalue weighted by atomic mass is 16.5. The van der Waals surface area contributed by atoms with Gasteiger partial charge in [-0.1, -0.05) is 32.1 Å². The summed E-state index contributed by atoms with van der Waals surface area (Å²) in [6, 6.07) is 16.7. The maximum atomic E-state index is 13.4. The molecule has 8 nitrogen and oxygen atoms in total. The third kappa shape index (κ3) is 5.42. The Balaban J connectivity index is 0.971. The molecular formula is C35H34N2O6. The number of imide groups is 2. The van der Waals surface area contributed by atoms with Crippen molar-refractivity contribution in [1.82, 2.24) is 10.2 Å². The lowest BCUT2D eigenvalue weighted by molar-refractivity contribution is 0.0521. The fourth-order valence-electron chi connectivity index (χ4n) is 7.23. The number of carbonyl (C=O) groups is 4. The molecule has 7 rings (SSSR count). The molecule has 2 aliphatic carbocycles. The number of nitrogens with zero attached hydrogens (tertiary/aromatic N) is 1. The van der Waals surface area contributed by atoms with Crippen LogP contribution < -0.4 is 14.8 Å². The minimum atomic E-state index is -0.441. The Labute approximate surface area is 250 Å². The van der Waals surface area contributed by atoms with Crippen molar-refractivity contribution in [2.75, 3.05) is 0 Å². The topological polar surface area (TPSA) is 102 Å². The predicted octanol–water partition coefficient (Wildman–Crippen LogP) is 7.28. The van der Waals surface area contributed by atoms with Crippen LogP contribution in [0.2, 0.25) is 0 Å². The zero-order valence-corrected chi connectivity index (χ0v) is 24.0. The summed E-state index contributed by atoms with van der Waals surface area (Å²) < 4.78 is 11.9. The van der Waals surface area contributed by atoms with Gasteiger partial charge in [-0.2, -0.15) is 0 Å². The van der Waals surface area contributed by atoms with E-state index in [0.717, 1.165) is 31.6 Å². The zero-order chi connectivity index (χ0) is 29.5. The zero-order valence-electron chi connectivity index (χ0n) is 24.0. The van der Waals surface area contributed by atoms with Gasteiger partial charge in [-0.15, -0.1) is 0 Å². The molecule has 2 heterocycles. The van der Waals surface area contributed by atoms with Crippen molar-refractivity contribution in [3.8, 4) is 23.0 Å². The van der Waals surface area contributed by atoms with Crippen LogP contribution >= 0.6 is 0 Å². The van der Waals surface area contributed by atoms with Crippen LogP contribution in [-0.2, 0) is 0 Å². The van der Waals surface area contributed by atoms with Crippen molar-refractivity contribution in [3.05, 3.63) is 82.9 Å². The highest BCUT2D eigenvalue weighted by Gasteiger charge is 2.41. The number of ether oxygens (including phenoxy) is 2. The van der Waals surface area contributed by atoms with Gasteiger partial charge in [0.05, 0.1) is 22.3 Å². The van der Waals surface area contributed by atoms with Gasteiger partial charge in [0.15, 0.2) is 0 Å². The molecular weight excluding hydrogens is 544 g/mol. The summed E-state index contributed by atoms with van der Waals surface area (Å²) in [5.74, 6) is 2.27. The van der Waals surface area contributed by atoms with Crippen molar-refractivity contribution in [1.29, 1.82) is 0 Å². The Hall–Kier alpha value is -4.46. The summed E-state index contributed by atoms with van der Waals surface area (Å²) in [6.07, 6.45) is 12.1. The largest absolute Gasteiger partial charge is 0.457 e. The highest BCUT2D eigenvalue weighted by Crippen LogP contribution is 2.39. The molecule has 0 bridgehead atoms. The van der Waals surface area contributed by atoms with Crippen LogP contribution in [0.3, 0.4) is 0 Å². The third-order valence-corrected chi connectivity index (χ3v) is 9.46. The fraction of sp³-hybridized carbons (Fsp3) is 0.371. The second-order valence-electron chi connectivity index (χ2n) is 12.3. The van der Waals surface area contributed by atoms with Crippen LogP contribution in [0.15, 0.2) is 60.7 Å². The number of carbonyl (C=O) groups excluding carboxylic acids is 4. The Bertz CT molecular complexity index is 1600. The van der Waals surface area contributed by atoms with Gasteiger partial charge in [0.25, 0.3) is 23.6 Å². The van der Waals surface area contributed by atoms with Crippen LogP contribution in [-0.4, -0.2) is 34.6 Å². The molecule has 43 heavy (non-hydrogen) atoms. The predicted molar refractivity (Wildman–Crippen MR) is 159 cm³/mol. The van der Waals surface area contributed by atoms with Crippen molar-refractivity contribution < 1.29 is 28.7 Å². The Morgan fingerprint density at radius 1 is 0.558 bits per heavy atom. The molecule has 0 unspecified atom stereocenters. The maximum absolute atomic E-state index is 13.4. The minimum Gasteiger partial charge on any atom is -0.457 e. The smallest absolute Gasteiger partial charge is 0.261 e. The van der Waals surface area contributed by atoms with Crippen molar-refractivity contribution >= 4 is 23.6 Å². The second kappa shape index (κ2) is 11.3. The van der Waals surface area contributed by atoms with Crippen LogP contribution in [0.1, 0.15) is 106 Å². The van der Waals surface area contributed by atoms with E-state index in [1.807, 2.05) is 0 Å². The fourth-order valence-corrected chi connectivity index (χ4v) is 7.23. The summed E-state index contributed by atoms with van der Waals surface area (Å²) in [7, 11) is 0. The number of nitrogens with one attached hydrogen (secondary N) is 1. The van der Waals surface area contributed by atoms with Crippen LogP contribution in [0.4, 0.5) is 0 Å². The van der Waals surface area contributed by atoms with E-state index in [-0.39, 0.29) is 23.4 Å². The molecule has 4 amide bonds. The number of rotatable bonds is 7. The van der Waals surface area contributed by atoms with E-state index < -0.39 is 11.8 Å². The van der Waals surface area contributed by atoms with E-state index in [2.05, 4.69) is 5.32 Å². The van der Waals surface area contributed by atoms with Gasteiger partial charge in [-0.25, -0.2) is 0 Å². The molecule has 220 valence electrons. The molecule has 0 aromatic heterocycles. The molecule has 1 N–H and O–H groups in total. The molecule has 0 saturated heterocycles. The monoisotopic (exact) mass is 578 g/mol. The summed E-state index contributed by atoms with van der Waals surface area (Å²) in [6.45, 7) is 0. The molecule has 4 aliphatic rings. The van der Waals surface area contributed by atoms with Gasteiger partial charge in [0.2, 0.25) is 0 Å². The first-order chi connectivity index (χ1) is 20.9. The molecule has 2 fully saturated rings. The lowest BCUT2D eigenvalue weighted by atomic mass is 9.76. The third-order valence-electron chi connectivity index (χ3n) is 9.46. The van der Waals surface area contributed by atoms with E-state index in [9.17, 15) is 19.2 Å². The van der Waals surface area contributed by atoms with E-state index in [4.69, 9.17) is 9.47 Å². The summed E-state index contributed by atoms with van der Waals surface area (Å²) >= 11 is 0. The lowest BCUT2D eigenvalue weighted by Gasteiger charge is -2.35. The number of hydrogen-bond acceptors (Lipinski definition) is 6. The number of amides is 4. The Morgan fingerprint density at radius 3 is 1.72 bits per heavy atom. The van der Waals surface area contributed by atoms with Crippen LogP contribution in [0, 0.1) is 11.8 Å². The summed E-state index contributed by atoms with van der Waals surface area (Å²) in [5, 5.41) is 2.27. The van der Waals surface area contributed by atoms with E-state index in [1.165, 1.54) is 49.5 Å². The van der Waals surface area contributed by atoms with Gasteiger partial charge in [-0.3, -0.25) is 29.4 Å². The van der Waals surface area contributed by atoms with Gasteiger partial charge < -0.3 is 9.47 Å². The van der Waals surface area contributed by atoms with E-state index >= 15 is 0 Å². The van der Waals surface area contributed by atoms with Crippen LogP contribution in [0.25, 0.3) is 0 Å². The highest BCUT2D eigenvalue weighted by molar-refractivity contribution is 6.22. The quantitative estimate of drug-likeness (QED) is 0.296. The van der Waals surface area contributed by atoms with Crippen molar-refractivity contribution in [2.45, 2.75) is 70.3 Å². The lowest BCUT2D eigenvalue weighted by Crippen LogP contribution is -2.42. The first kappa shape index (κ1) is 27.4. The molecule has 0 atom stereocenters. The summed E-state index contributed by atoms with van der Waals surface area (Å²) in [4.78, 5) is 51.9. The van der Waals surface area contributed by atoms with E-state index in [1.54, 1.807) is 54.6 Å². The van der Waals surface area contributed by atoms with Crippen molar-refractivity contribution in [3.63, 3.8) is 0 Å². The number of benzene rings is 3. The Morgan fingerprint density at radius 2 is 1.07 bits per heavy atom. The first-order valence-electron chi connectivity index (χ1n) is 15.4. The number of hydrogen-bond donors (Lipinski definition) is 1. The first-order valence-corrected chi connectivity index (χ1v) is 15.4. The summed E-state index contributed by atoms with van der Waals surface area (Å²) in [5.41, 5.74) is 1.45. The molecule has 3 aromatic rings. The molecule has 3 aromatic carbocycles. The molecule has 0 radical (unpaired) electrons. The van der Waals surface area contributed by atoms with Crippen molar-refractivity contribution in [2.24, 2.45) is 11.8 Å². The molecule has 0 spiro atoms. The standard InChI is InChI=1S/C35H34N2O6/c38-32-28-16-14-26(19-30(28)33(39)36-32)42-24-10-12-25(13-11-24)43-27-15-17-29-31(20-27)35(41)37(34(29)40)23-8-6-22(7-9-23)18-21-4-2-1-3-5-21/h10-17,19-23H,1-9,18H2,(H,36,38,39). The molecule has 2 aliphatic heterocycles. The second-order valence-corrected chi connectivity index (χ2v) is 12.3. The van der Waals surface area contributed by atoms with Gasteiger partial charge >= 0.3 is 0 Å². The average molecular weight is 579 g/mol. The number of fused-ring (bicyclic) bond motifs is 2. The molecule has 2 saturated carbocycles. The van der Waals surface area contributed by atoms with E-state index in [0.29, 0.717) is 45.6 Å². The SMILES string of the molecule is O=C1NC(=O)c2cc(Oc3ccc(Oc4ccc5c(c4)C(=O)N(C4CCC(CC6CCCCC6)CC4)C5=O)cc3)ccc21.